The number of aryl methyl sites for hydroxylation is 1. The van der Waals surface area contributed by atoms with Crippen LogP contribution in [0.1, 0.15) is 42.6 Å². The summed E-state index contributed by atoms with van der Waals surface area (Å²) in [6.45, 7) is 6.05. The molecule has 2 unspecified atom stereocenters. The number of carbonyl (C=O) groups is 1. The van der Waals surface area contributed by atoms with Gasteiger partial charge in [-0.1, -0.05) is 42.0 Å². The van der Waals surface area contributed by atoms with Gasteiger partial charge in [-0.15, -0.1) is 24.0 Å². The summed E-state index contributed by atoms with van der Waals surface area (Å²) in [7, 11) is 1.80. The molecule has 0 spiro atoms. The molecule has 0 aromatic heterocycles. The normalized spacial score (nSPS) is 18.4. The number of amides is 1. The highest BCUT2D eigenvalue weighted by Crippen LogP contribution is 2.33. The molecule has 1 aliphatic rings. The number of nitrogens with zero attached hydrogens (tertiary/aromatic N) is 1. The van der Waals surface area contributed by atoms with Gasteiger partial charge in [0.2, 0.25) is 5.91 Å². The number of benzene rings is 2. The number of carbonyl (C=O) groups excluding carboxylic acids is 1. The first kappa shape index (κ1) is 26.1. The van der Waals surface area contributed by atoms with Crippen LogP contribution in [-0.4, -0.2) is 38.6 Å². The van der Waals surface area contributed by atoms with E-state index in [1.807, 2.05) is 24.3 Å². The number of aliphatic imine (C=N–C) groups is 1. The van der Waals surface area contributed by atoms with Crippen molar-refractivity contribution in [3.63, 3.8) is 0 Å². The molecule has 1 fully saturated rings. The van der Waals surface area contributed by atoms with Crippen LogP contribution in [0.5, 0.6) is 0 Å². The van der Waals surface area contributed by atoms with Crippen molar-refractivity contribution >= 4 is 41.5 Å². The molecule has 7 heteroatoms. The molecule has 2 aromatic rings. The summed E-state index contributed by atoms with van der Waals surface area (Å²) >= 11 is 0. The van der Waals surface area contributed by atoms with Crippen molar-refractivity contribution in [2.24, 2.45) is 10.9 Å². The zero-order valence-corrected chi connectivity index (χ0v) is 21.5. The molecule has 0 radical (unpaired) electrons. The summed E-state index contributed by atoms with van der Waals surface area (Å²) in [4.78, 5) is 15.5. The zero-order chi connectivity index (χ0) is 22.1. The van der Waals surface area contributed by atoms with Gasteiger partial charge in [-0.05, 0) is 49.4 Å². The fraction of sp³-hybridized carbons (Fsp3) is 0.440. The second-order valence-corrected chi connectivity index (χ2v) is 8.11. The fourth-order valence-corrected chi connectivity index (χ4v) is 3.91. The maximum atomic E-state index is 11.1. The Labute approximate surface area is 208 Å². The predicted molar refractivity (Wildman–Crippen MR) is 142 cm³/mol. The molecule has 3 rings (SSSR count). The first-order valence-electron chi connectivity index (χ1n) is 11.0. The molecule has 0 aliphatic carbocycles. The highest BCUT2D eigenvalue weighted by Gasteiger charge is 2.27. The number of hydrogen-bond acceptors (Lipinski definition) is 3. The van der Waals surface area contributed by atoms with Crippen LogP contribution in [0.15, 0.2) is 53.5 Å². The lowest BCUT2D eigenvalue weighted by atomic mass is 9.89. The van der Waals surface area contributed by atoms with Crippen LogP contribution in [0, 0.1) is 12.8 Å². The minimum absolute atomic E-state index is 0. The van der Waals surface area contributed by atoms with Crippen molar-refractivity contribution in [1.82, 2.24) is 10.6 Å². The van der Waals surface area contributed by atoms with Gasteiger partial charge in [0.1, 0.15) is 0 Å². The Kier molecular flexibility index (Phi) is 11.0. The Hall–Kier alpha value is -2.13. The van der Waals surface area contributed by atoms with Crippen LogP contribution in [0.3, 0.4) is 0 Å². The lowest BCUT2D eigenvalue weighted by Crippen LogP contribution is -2.42. The van der Waals surface area contributed by atoms with Crippen molar-refractivity contribution in [1.29, 1.82) is 0 Å². The van der Waals surface area contributed by atoms with Crippen LogP contribution >= 0.6 is 24.0 Å². The van der Waals surface area contributed by atoms with Crippen molar-refractivity contribution < 1.29 is 9.53 Å². The number of hydrogen-bond donors (Lipinski definition) is 3. The van der Waals surface area contributed by atoms with E-state index in [9.17, 15) is 4.79 Å². The Bertz CT molecular complexity index is 869. The summed E-state index contributed by atoms with van der Waals surface area (Å²) in [6, 6.07) is 16.6. The monoisotopic (exact) mass is 550 g/mol. The summed E-state index contributed by atoms with van der Waals surface area (Å²) in [5, 5.41) is 9.66. The van der Waals surface area contributed by atoms with Crippen LogP contribution in [0.2, 0.25) is 0 Å². The Morgan fingerprint density at radius 2 is 1.81 bits per heavy atom. The van der Waals surface area contributed by atoms with Gasteiger partial charge in [-0.25, -0.2) is 0 Å². The Morgan fingerprint density at radius 3 is 2.47 bits per heavy atom. The summed E-state index contributed by atoms with van der Waals surface area (Å²) in [5.41, 5.74) is 4.54. The van der Waals surface area contributed by atoms with Gasteiger partial charge >= 0.3 is 0 Å². The summed E-state index contributed by atoms with van der Waals surface area (Å²) in [5.74, 6) is 1.16. The lowest BCUT2D eigenvalue weighted by molar-refractivity contribution is -0.114. The Balaban J connectivity index is 0.00000363. The molecule has 6 nitrogen and oxygen atoms in total. The molecule has 0 bridgehead atoms. The first-order chi connectivity index (χ1) is 15.0. The zero-order valence-electron chi connectivity index (χ0n) is 19.2. The topological polar surface area (TPSA) is 74.8 Å². The third-order valence-corrected chi connectivity index (χ3v) is 5.59. The maximum Gasteiger partial charge on any atom is 0.221 e. The van der Waals surface area contributed by atoms with Crippen LogP contribution in [0.25, 0.3) is 0 Å². The van der Waals surface area contributed by atoms with Crippen LogP contribution < -0.4 is 16.0 Å². The molecule has 32 heavy (non-hydrogen) atoms. The second-order valence-electron chi connectivity index (χ2n) is 8.11. The Morgan fingerprint density at radius 1 is 1.09 bits per heavy atom. The SMILES string of the molecule is CN=C(NCCc1ccc(NC(C)=O)cc1)NCC1CCCOC1c1ccc(C)cc1.I. The van der Waals surface area contributed by atoms with Gasteiger partial charge in [0.25, 0.3) is 0 Å². The summed E-state index contributed by atoms with van der Waals surface area (Å²) in [6.07, 6.45) is 3.24. The van der Waals surface area contributed by atoms with Crippen molar-refractivity contribution in [3.8, 4) is 0 Å². The van der Waals surface area contributed by atoms with Gasteiger partial charge in [-0.3, -0.25) is 9.79 Å². The van der Waals surface area contributed by atoms with Gasteiger partial charge in [0.05, 0.1) is 6.10 Å². The largest absolute Gasteiger partial charge is 0.373 e. The number of anilines is 1. The lowest BCUT2D eigenvalue weighted by Gasteiger charge is -2.32. The van der Waals surface area contributed by atoms with Crippen LogP contribution in [-0.2, 0) is 16.0 Å². The standard InChI is InChI=1S/C25H34N4O2.HI/c1-18-6-10-21(11-7-18)24-22(5-4-16-31-24)17-28-25(26-3)27-15-14-20-8-12-23(13-9-20)29-19(2)30;/h6-13,22,24H,4-5,14-17H2,1-3H3,(H,29,30)(H2,26,27,28);1H. The van der Waals surface area contributed by atoms with E-state index in [-0.39, 0.29) is 36.0 Å². The smallest absolute Gasteiger partial charge is 0.221 e. The molecule has 1 amide bonds. The van der Waals surface area contributed by atoms with E-state index in [2.05, 4.69) is 52.1 Å². The van der Waals surface area contributed by atoms with E-state index in [1.54, 1.807) is 7.05 Å². The van der Waals surface area contributed by atoms with Crippen molar-refractivity contribution in [2.45, 2.75) is 39.2 Å². The molecule has 1 aliphatic heterocycles. The molecule has 2 atom stereocenters. The molecule has 2 aromatic carbocycles. The van der Waals surface area contributed by atoms with E-state index >= 15 is 0 Å². The molecule has 1 heterocycles. The van der Waals surface area contributed by atoms with Crippen molar-refractivity contribution in [2.75, 3.05) is 32.1 Å². The molecule has 3 N–H and O–H groups in total. The number of guanidine groups is 1. The molecule has 174 valence electrons. The highest BCUT2D eigenvalue weighted by molar-refractivity contribution is 14.0. The molecular formula is C25H35IN4O2. The molecular weight excluding hydrogens is 515 g/mol. The number of halogens is 1. The van der Waals surface area contributed by atoms with Gasteiger partial charge < -0.3 is 20.7 Å². The van der Waals surface area contributed by atoms with E-state index in [0.717, 1.165) is 50.6 Å². The quantitative estimate of drug-likeness (QED) is 0.271. The number of rotatable bonds is 7. The minimum atomic E-state index is -0.0581. The number of ether oxygens (including phenoxy) is 1. The average molecular weight is 550 g/mol. The third kappa shape index (κ3) is 8.09. The third-order valence-electron chi connectivity index (χ3n) is 5.59. The maximum absolute atomic E-state index is 11.1. The van der Waals surface area contributed by atoms with E-state index in [4.69, 9.17) is 4.74 Å². The van der Waals surface area contributed by atoms with Crippen molar-refractivity contribution in [3.05, 3.63) is 65.2 Å². The van der Waals surface area contributed by atoms with E-state index in [1.165, 1.54) is 23.6 Å². The van der Waals surface area contributed by atoms with Gasteiger partial charge in [-0.2, -0.15) is 0 Å². The molecule has 1 saturated heterocycles. The van der Waals surface area contributed by atoms with Gasteiger partial charge in [0.15, 0.2) is 5.96 Å². The molecule has 0 saturated carbocycles. The predicted octanol–water partition coefficient (Wildman–Crippen LogP) is 4.45. The van der Waals surface area contributed by atoms with E-state index < -0.39 is 0 Å². The average Bonchev–Trinajstić information content (AvgIpc) is 2.78. The van der Waals surface area contributed by atoms with Crippen LogP contribution in [0.4, 0.5) is 5.69 Å². The fourth-order valence-electron chi connectivity index (χ4n) is 3.91. The van der Waals surface area contributed by atoms with E-state index in [0.29, 0.717) is 5.92 Å². The number of nitrogens with one attached hydrogen (secondary N) is 3. The second kappa shape index (κ2) is 13.4. The first-order valence-corrected chi connectivity index (χ1v) is 11.0. The highest BCUT2D eigenvalue weighted by atomic mass is 127. The van der Waals surface area contributed by atoms with Gasteiger partial charge in [0, 0.05) is 45.3 Å². The summed E-state index contributed by atoms with van der Waals surface area (Å²) < 4.78 is 6.13. The minimum Gasteiger partial charge on any atom is -0.373 e.